The summed E-state index contributed by atoms with van der Waals surface area (Å²) in [6.07, 6.45) is 0. The van der Waals surface area contributed by atoms with Gasteiger partial charge in [0.15, 0.2) is 0 Å². The molecule has 0 amide bonds. The molecule has 0 saturated carbocycles. The Bertz CT molecular complexity index is 368. The van der Waals surface area contributed by atoms with Gasteiger partial charge in [-0.15, -0.1) is 0 Å². The fourth-order valence-corrected chi connectivity index (χ4v) is 1.33. The SMILES string of the molecule is CCNc1cc([N+](=O)[O-])ccc1NCCO. The number of anilines is 2. The average Bonchev–Trinajstić information content (AvgIpc) is 2.27. The summed E-state index contributed by atoms with van der Waals surface area (Å²) in [4.78, 5) is 10.2. The van der Waals surface area contributed by atoms with Crippen LogP contribution in [0.2, 0.25) is 0 Å². The largest absolute Gasteiger partial charge is 0.395 e. The smallest absolute Gasteiger partial charge is 0.271 e. The average molecular weight is 225 g/mol. The van der Waals surface area contributed by atoms with Crippen LogP contribution in [-0.2, 0) is 0 Å². The van der Waals surface area contributed by atoms with E-state index >= 15 is 0 Å². The Morgan fingerprint density at radius 2 is 2.12 bits per heavy atom. The minimum absolute atomic E-state index is 0.0164. The van der Waals surface area contributed by atoms with E-state index in [0.717, 1.165) is 5.69 Å². The topological polar surface area (TPSA) is 87.4 Å². The lowest BCUT2D eigenvalue weighted by atomic mass is 10.2. The zero-order chi connectivity index (χ0) is 12.0. The third kappa shape index (κ3) is 3.09. The summed E-state index contributed by atoms with van der Waals surface area (Å²) in [5, 5.41) is 25.3. The molecule has 88 valence electrons. The molecule has 0 unspecified atom stereocenters. The number of nitrogens with zero attached hydrogens (tertiary/aromatic N) is 1. The molecule has 0 radical (unpaired) electrons. The first-order chi connectivity index (χ1) is 7.69. The first-order valence-electron chi connectivity index (χ1n) is 5.06. The van der Waals surface area contributed by atoms with Crippen LogP contribution in [0.5, 0.6) is 0 Å². The van der Waals surface area contributed by atoms with Gasteiger partial charge in [-0.05, 0) is 13.0 Å². The van der Waals surface area contributed by atoms with E-state index in [1.165, 1.54) is 12.1 Å². The van der Waals surface area contributed by atoms with E-state index in [4.69, 9.17) is 5.11 Å². The summed E-state index contributed by atoms with van der Waals surface area (Å²) >= 11 is 0. The molecule has 0 bridgehead atoms. The van der Waals surface area contributed by atoms with Gasteiger partial charge in [0.25, 0.3) is 5.69 Å². The lowest BCUT2D eigenvalue weighted by Crippen LogP contribution is -2.09. The molecule has 3 N–H and O–H groups in total. The third-order valence-electron chi connectivity index (χ3n) is 2.01. The molecule has 0 saturated heterocycles. The summed E-state index contributed by atoms with van der Waals surface area (Å²) in [6.45, 7) is 3.02. The summed E-state index contributed by atoms with van der Waals surface area (Å²) in [7, 11) is 0. The van der Waals surface area contributed by atoms with Crippen molar-refractivity contribution in [1.29, 1.82) is 0 Å². The number of nitro groups is 1. The summed E-state index contributed by atoms with van der Waals surface area (Å²) in [6, 6.07) is 4.54. The minimum Gasteiger partial charge on any atom is -0.395 e. The molecule has 1 aromatic rings. The standard InChI is InChI=1S/C10H15N3O3/c1-2-11-10-7-8(13(15)16)3-4-9(10)12-5-6-14/h3-4,7,11-12,14H,2,5-6H2,1H3. The Labute approximate surface area is 93.4 Å². The molecular weight excluding hydrogens is 210 g/mol. The first-order valence-corrected chi connectivity index (χ1v) is 5.06. The van der Waals surface area contributed by atoms with Gasteiger partial charge >= 0.3 is 0 Å². The maximum absolute atomic E-state index is 10.6. The van der Waals surface area contributed by atoms with Crippen molar-refractivity contribution in [3.8, 4) is 0 Å². The number of non-ortho nitro benzene ring substituents is 1. The number of rotatable bonds is 6. The van der Waals surface area contributed by atoms with Gasteiger partial charge in [-0.3, -0.25) is 10.1 Å². The second kappa shape index (κ2) is 5.92. The Balaban J connectivity index is 2.94. The van der Waals surface area contributed by atoms with Crippen LogP contribution in [0, 0.1) is 10.1 Å². The summed E-state index contributed by atoms with van der Waals surface area (Å²) < 4.78 is 0. The van der Waals surface area contributed by atoms with Crippen molar-refractivity contribution in [3.63, 3.8) is 0 Å². The quantitative estimate of drug-likeness (QED) is 0.503. The zero-order valence-corrected chi connectivity index (χ0v) is 9.06. The fourth-order valence-electron chi connectivity index (χ4n) is 1.33. The van der Waals surface area contributed by atoms with Crippen LogP contribution in [0.25, 0.3) is 0 Å². The number of benzene rings is 1. The van der Waals surface area contributed by atoms with Crippen LogP contribution >= 0.6 is 0 Å². The minimum atomic E-state index is -0.434. The van der Waals surface area contributed by atoms with Crippen molar-refractivity contribution in [1.82, 2.24) is 0 Å². The van der Waals surface area contributed by atoms with Gasteiger partial charge in [-0.1, -0.05) is 0 Å². The molecule has 0 aliphatic heterocycles. The molecule has 6 heteroatoms. The normalized spacial score (nSPS) is 9.88. The molecule has 16 heavy (non-hydrogen) atoms. The second-order valence-corrected chi connectivity index (χ2v) is 3.17. The molecule has 0 atom stereocenters. The number of nitrogens with one attached hydrogen (secondary N) is 2. The lowest BCUT2D eigenvalue weighted by Gasteiger charge is -2.11. The van der Waals surface area contributed by atoms with E-state index < -0.39 is 4.92 Å². The van der Waals surface area contributed by atoms with E-state index in [-0.39, 0.29) is 12.3 Å². The predicted octanol–water partition coefficient (Wildman–Crippen LogP) is 1.43. The van der Waals surface area contributed by atoms with Crippen molar-refractivity contribution in [3.05, 3.63) is 28.3 Å². The number of hydrogen-bond acceptors (Lipinski definition) is 5. The molecule has 0 spiro atoms. The molecule has 1 aromatic carbocycles. The van der Waals surface area contributed by atoms with Gasteiger partial charge in [0.05, 0.1) is 22.9 Å². The van der Waals surface area contributed by atoms with Crippen molar-refractivity contribution in [2.24, 2.45) is 0 Å². The van der Waals surface area contributed by atoms with Gasteiger partial charge < -0.3 is 15.7 Å². The van der Waals surface area contributed by atoms with Gasteiger partial charge in [0, 0.05) is 25.2 Å². The molecule has 6 nitrogen and oxygen atoms in total. The van der Waals surface area contributed by atoms with Crippen molar-refractivity contribution in [2.75, 3.05) is 30.3 Å². The third-order valence-corrected chi connectivity index (χ3v) is 2.01. The Morgan fingerprint density at radius 1 is 1.38 bits per heavy atom. The maximum Gasteiger partial charge on any atom is 0.271 e. The van der Waals surface area contributed by atoms with Crippen molar-refractivity contribution in [2.45, 2.75) is 6.92 Å². The number of hydrogen-bond donors (Lipinski definition) is 3. The molecule has 0 aliphatic carbocycles. The van der Waals surface area contributed by atoms with Crippen LogP contribution in [0.15, 0.2) is 18.2 Å². The van der Waals surface area contributed by atoms with Gasteiger partial charge in [-0.2, -0.15) is 0 Å². The van der Waals surface area contributed by atoms with E-state index in [2.05, 4.69) is 10.6 Å². The number of aliphatic hydroxyl groups excluding tert-OH is 1. The molecule has 1 rings (SSSR count). The molecule has 0 heterocycles. The van der Waals surface area contributed by atoms with E-state index in [0.29, 0.717) is 18.8 Å². The van der Waals surface area contributed by atoms with Crippen molar-refractivity contribution >= 4 is 17.1 Å². The highest BCUT2D eigenvalue weighted by Crippen LogP contribution is 2.26. The van der Waals surface area contributed by atoms with Gasteiger partial charge in [-0.25, -0.2) is 0 Å². The van der Waals surface area contributed by atoms with E-state index in [9.17, 15) is 10.1 Å². The highest BCUT2D eigenvalue weighted by atomic mass is 16.6. The molecule has 0 fully saturated rings. The van der Waals surface area contributed by atoms with E-state index in [1.807, 2.05) is 6.92 Å². The molecule has 0 aliphatic rings. The van der Waals surface area contributed by atoms with Gasteiger partial charge in [0.2, 0.25) is 0 Å². The predicted molar refractivity (Wildman–Crippen MR) is 62.8 cm³/mol. The van der Waals surface area contributed by atoms with Crippen LogP contribution in [-0.4, -0.2) is 29.7 Å². The van der Waals surface area contributed by atoms with Crippen LogP contribution < -0.4 is 10.6 Å². The van der Waals surface area contributed by atoms with Crippen LogP contribution in [0.3, 0.4) is 0 Å². The van der Waals surface area contributed by atoms with Crippen LogP contribution in [0.1, 0.15) is 6.92 Å². The lowest BCUT2D eigenvalue weighted by molar-refractivity contribution is -0.384. The van der Waals surface area contributed by atoms with Crippen LogP contribution in [0.4, 0.5) is 17.1 Å². The summed E-state index contributed by atoms with van der Waals surface area (Å²) in [5.41, 5.74) is 1.47. The summed E-state index contributed by atoms with van der Waals surface area (Å²) in [5.74, 6) is 0. The highest BCUT2D eigenvalue weighted by molar-refractivity contribution is 5.71. The number of nitro benzene ring substituents is 1. The molecular formula is C10H15N3O3. The monoisotopic (exact) mass is 225 g/mol. The highest BCUT2D eigenvalue weighted by Gasteiger charge is 2.09. The molecule has 0 aromatic heterocycles. The second-order valence-electron chi connectivity index (χ2n) is 3.17. The Kier molecular flexibility index (Phi) is 4.53. The fraction of sp³-hybridized carbons (Fsp3) is 0.400. The van der Waals surface area contributed by atoms with Gasteiger partial charge in [0.1, 0.15) is 0 Å². The zero-order valence-electron chi connectivity index (χ0n) is 9.06. The first kappa shape index (κ1) is 12.3. The number of aliphatic hydroxyl groups is 1. The van der Waals surface area contributed by atoms with Crippen molar-refractivity contribution < 1.29 is 10.0 Å². The Morgan fingerprint density at radius 3 is 2.69 bits per heavy atom. The van der Waals surface area contributed by atoms with E-state index in [1.54, 1.807) is 6.07 Å². The Hall–Kier alpha value is -1.82. The maximum atomic E-state index is 10.6.